The first kappa shape index (κ1) is 16.9. The summed E-state index contributed by atoms with van der Waals surface area (Å²) in [5.74, 6) is -1.44. The molecule has 0 saturated heterocycles. The van der Waals surface area contributed by atoms with E-state index in [2.05, 4.69) is 4.90 Å². The molecular weight excluding hydrogens is 232 g/mol. The third-order valence-electron chi connectivity index (χ3n) is 2.75. The fourth-order valence-electron chi connectivity index (χ4n) is 1.64. The topological polar surface area (TPSA) is 60.9 Å². The van der Waals surface area contributed by atoms with Gasteiger partial charge in [-0.05, 0) is 27.1 Å². The van der Waals surface area contributed by atoms with Crippen LogP contribution in [0.5, 0.6) is 0 Å². The molecule has 0 rings (SSSR count). The molecule has 0 aliphatic carbocycles. The Morgan fingerprint density at radius 2 is 1.67 bits per heavy atom. The second kappa shape index (κ2) is 8.08. The van der Waals surface area contributed by atoms with Gasteiger partial charge in [0.25, 0.3) is 0 Å². The van der Waals surface area contributed by atoms with Gasteiger partial charge in [0.2, 0.25) is 5.91 Å². The average Bonchev–Trinajstić information content (AvgIpc) is 2.25. The minimum absolute atomic E-state index is 0.0295. The standard InChI is InChI=1S/C13H26N2O3/c1-10(2)12(16)15(8-6-7-14(4)5)9-11(3)13(17)18/h10-11H,6-9H2,1-5H3,(H,17,18). The number of rotatable bonds is 8. The number of carbonyl (C=O) groups excluding carboxylic acids is 1. The van der Waals surface area contributed by atoms with Crippen molar-refractivity contribution in [3.63, 3.8) is 0 Å². The van der Waals surface area contributed by atoms with Crippen LogP contribution in [-0.2, 0) is 9.59 Å². The Bertz CT molecular complexity index is 277. The van der Waals surface area contributed by atoms with E-state index in [9.17, 15) is 9.59 Å². The molecule has 0 bridgehead atoms. The van der Waals surface area contributed by atoms with Crippen molar-refractivity contribution in [3.05, 3.63) is 0 Å². The zero-order valence-electron chi connectivity index (χ0n) is 12.1. The normalized spacial score (nSPS) is 12.8. The summed E-state index contributed by atoms with van der Waals surface area (Å²) in [6.07, 6.45) is 0.859. The largest absolute Gasteiger partial charge is 0.481 e. The van der Waals surface area contributed by atoms with Crippen LogP contribution in [0.3, 0.4) is 0 Å². The highest BCUT2D eigenvalue weighted by molar-refractivity contribution is 5.79. The van der Waals surface area contributed by atoms with Gasteiger partial charge in [-0.1, -0.05) is 20.8 Å². The van der Waals surface area contributed by atoms with E-state index in [0.717, 1.165) is 13.0 Å². The number of carboxylic acids is 1. The summed E-state index contributed by atoms with van der Waals surface area (Å²) in [5, 5.41) is 8.92. The number of hydrogen-bond donors (Lipinski definition) is 1. The van der Waals surface area contributed by atoms with Crippen LogP contribution in [0.15, 0.2) is 0 Å². The van der Waals surface area contributed by atoms with E-state index in [0.29, 0.717) is 13.1 Å². The SMILES string of the molecule is CC(C)C(=O)N(CCCN(C)C)CC(C)C(=O)O. The number of carbonyl (C=O) groups is 2. The van der Waals surface area contributed by atoms with Gasteiger partial charge in [0.05, 0.1) is 5.92 Å². The molecule has 0 heterocycles. The van der Waals surface area contributed by atoms with Crippen LogP contribution in [0.1, 0.15) is 27.2 Å². The quantitative estimate of drug-likeness (QED) is 0.709. The van der Waals surface area contributed by atoms with Crippen LogP contribution in [0.4, 0.5) is 0 Å². The van der Waals surface area contributed by atoms with Crippen LogP contribution >= 0.6 is 0 Å². The lowest BCUT2D eigenvalue weighted by Crippen LogP contribution is -2.40. The average molecular weight is 258 g/mol. The van der Waals surface area contributed by atoms with Crippen LogP contribution in [-0.4, -0.2) is 60.5 Å². The molecule has 1 amide bonds. The summed E-state index contributed by atoms with van der Waals surface area (Å²) in [6, 6.07) is 0. The predicted molar refractivity (Wildman–Crippen MR) is 71.4 cm³/mol. The van der Waals surface area contributed by atoms with Gasteiger partial charge in [-0.25, -0.2) is 0 Å². The monoisotopic (exact) mass is 258 g/mol. The number of amides is 1. The molecule has 0 aromatic carbocycles. The minimum atomic E-state index is -0.857. The smallest absolute Gasteiger partial charge is 0.308 e. The molecule has 0 radical (unpaired) electrons. The van der Waals surface area contributed by atoms with Gasteiger partial charge >= 0.3 is 5.97 Å². The Morgan fingerprint density at radius 3 is 2.06 bits per heavy atom. The van der Waals surface area contributed by atoms with E-state index >= 15 is 0 Å². The van der Waals surface area contributed by atoms with Crippen molar-refractivity contribution in [2.75, 3.05) is 33.7 Å². The molecule has 5 heteroatoms. The van der Waals surface area contributed by atoms with Crippen molar-refractivity contribution in [2.24, 2.45) is 11.8 Å². The molecule has 0 aliphatic heterocycles. The van der Waals surface area contributed by atoms with E-state index < -0.39 is 11.9 Å². The van der Waals surface area contributed by atoms with Gasteiger partial charge in [-0.3, -0.25) is 9.59 Å². The van der Waals surface area contributed by atoms with Gasteiger partial charge in [0.15, 0.2) is 0 Å². The van der Waals surface area contributed by atoms with Gasteiger partial charge in [-0.15, -0.1) is 0 Å². The maximum Gasteiger partial charge on any atom is 0.308 e. The van der Waals surface area contributed by atoms with Crippen LogP contribution < -0.4 is 0 Å². The van der Waals surface area contributed by atoms with Crippen molar-refractivity contribution >= 4 is 11.9 Å². The summed E-state index contributed by atoms with van der Waals surface area (Å²) in [4.78, 5) is 26.6. The summed E-state index contributed by atoms with van der Waals surface area (Å²) >= 11 is 0. The Balaban J connectivity index is 4.43. The van der Waals surface area contributed by atoms with Crippen LogP contribution in [0, 0.1) is 11.8 Å². The van der Waals surface area contributed by atoms with E-state index in [1.165, 1.54) is 0 Å². The van der Waals surface area contributed by atoms with Crippen LogP contribution in [0.2, 0.25) is 0 Å². The molecule has 1 unspecified atom stereocenters. The van der Waals surface area contributed by atoms with Crippen molar-refractivity contribution in [3.8, 4) is 0 Å². The molecule has 0 spiro atoms. The van der Waals surface area contributed by atoms with E-state index in [1.807, 2.05) is 27.9 Å². The highest BCUT2D eigenvalue weighted by Gasteiger charge is 2.21. The lowest BCUT2D eigenvalue weighted by Gasteiger charge is -2.26. The summed E-state index contributed by atoms with van der Waals surface area (Å²) < 4.78 is 0. The maximum absolute atomic E-state index is 12.0. The zero-order valence-corrected chi connectivity index (χ0v) is 12.1. The molecule has 18 heavy (non-hydrogen) atoms. The highest BCUT2D eigenvalue weighted by Crippen LogP contribution is 2.07. The van der Waals surface area contributed by atoms with E-state index in [1.54, 1.807) is 11.8 Å². The molecule has 1 atom stereocenters. The molecule has 0 aliphatic rings. The van der Waals surface area contributed by atoms with Crippen LogP contribution in [0.25, 0.3) is 0 Å². The summed E-state index contributed by atoms with van der Waals surface area (Å²) in [5.41, 5.74) is 0. The first-order valence-corrected chi connectivity index (χ1v) is 6.42. The number of nitrogens with zero attached hydrogens (tertiary/aromatic N) is 2. The van der Waals surface area contributed by atoms with Crippen molar-refractivity contribution in [2.45, 2.75) is 27.2 Å². The molecule has 1 N–H and O–H groups in total. The summed E-state index contributed by atoms with van der Waals surface area (Å²) in [7, 11) is 3.96. The van der Waals surface area contributed by atoms with Gasteiger partial charge in [0.1, 0.15) is 0 Å². The molecule has 0 aromatic heterocycles. The second-order valence-electron chi connectivity index (χ2n) is 5.34. The van der Waals surface area contributed by atoms with Crippen molar-refractivity contribution < 1.29 is 14.7 Å². The number of aliphatic carboxylic acids is 1. The fourth-order valence-corrected chi connectivity index (χ4v) is 1.64. The van der Waals surface area contributed by atoms with Gasteiger partial charge < -0.3 is 14.9 Å². The Morgan fingerprint density at radius 1 is 1.11 bits per heavy atom. The van der Waals surface area contributed by atoms with E-state index in [-0.39, 0.29) is 11.8 Å². The Hall–Kier alpha value is -1.10. The molecule has 0 aromatic rings. The number of hydrogen-bond acceptors (Lipinski definition) is 3. The Labute approximate surface area is 110 Å². The maximum atomic E-state index is 12.0. The highest BCUT2D eigenvalue weighted by atomic mass is 16.4. The Kier molecular flexibility index (Phi) is 7.59. The minimum Gasteiger partial charge on any atom is -0.481 e. The third kappa shape index (κ3) is 6.59. The molecule has 0 saturated carbocycles. The summed E-state index contributed by atoms with van der Waals surface area (Å²) in [6.45, 7) is 7.12. The van der Waals surface area contributed by atoms with Gasteiger partial charge in [0, 0.05) is 19.0 Å². The number of carboxylic acid groups (broad SMARTS) is 1. The van der Waals surface area contributed by atoms with Crippen molar-refractivity contribution in [1.29, 1.82) is 0 Å². The van der Waals surface area contributed by atoms with Gasteiger partial charge in [-0.2, -0.15) is 0 Å². The zero-order chi connectivity index (χ0) is 14.3. The second-order valence-corrected chi connectivity index (χ2v) is 5.34. The van der Waals surface area contributed by atoms with E-state index in [4.69, 9.17) is 5.11 Å². The van der Waals surface area contributed by atoms with Crippen molar-refractivity contribution in [1.82, 2.24) is 9.80 Å². The predicted octanol–water partition coefficient (Wildman–Crippen LogP) is 1.14. The molecule has 0 fully saturated rings. The fraction of sp³-hybridized carbons (Fsp3) is 0.846. The lowest BCUT2D eigenvalue weighted by molar-refractivity contribution is -0.143. The lowest BCUT2D eigenvalue weighted by atomic mass is 10.1. The molecule has 106 valence electrons. The first-order chi connectivity index (χ1) is 8.25. The first-order valence-electron chi connectivity index (χ1n) is 6.42. The molecular formula is C13H26N2O3. The third-order valence-corrected chi connectivity index (χ3v) is 2.75. The molecule has 5 nitrogen and oxygen atoms in total.